The molecule has 152 valence electrons. The molecule has 1 aromatic heterocycles. The maximum atomic E-state index is 12.9. The molecule has 7 heteroatoms. The number of benzene rings is 1. The van der Waals surface area contributed by atoms with E-state index in [1.54, 1.807) is 4.90 Å². The van der Waals surface area contributed by atoms with Crippen LogP contribution in [0.3, 0.4) is 0 Å². The topological polar surface area (TPSA) is 72.2 Å². The zero-order valence-electron chi connectivity index (χ0n) is 16.5. The van der Waals surface area contributed by atoms with Gasteiger partial charge in [-0.05, 0) is 18.1 Å². The lowest BCUT2D eigenvalue weighted by Gasteiger charge is -2.35. The zero-order valence-corrected chi connectivity index (χ0v) is 16.5. The third kappa shape index (κ3) is 3.67. The quantitative estimate of drug-likeness (QED) is 0.744. The molecule has 1 atom stereocenters. The van der Waals surface area contributed by atoms with E-state index in [-0.39, 0.29) is 12.5 Å². The van der Waals surface area contributed by atoms with Gasteiger partial charge in [0.1, 0.15) is 5.69 Å². The summed E-state index contributed by atoms with van der Waals surface area (Å²) in [7, 11) is 1.84. The van der Waals surface area contributed by atoms with E-state index in [4.69, 9.17) is 5.11 Å². The summed E-state index contributed by atoms with van der Waals surface area (Å²) >= 11 is 0. The van der Waals surface area contributed by atoms with Crippen LogP contribution in [0.1, 0.15) is 16.1 Å². The number of likely N-dealkylation sites (N-methyl/N-ethyl adjacent to an activating group) is 1. The molecule has 28 heavy (non-hydrogen) atoms. The van der Waals surface area contributed by atoms with E-state index < -0.39 is 6.10 Å². The zero-order chi connectivity index (χ0) is 19.7. The van der Waals surface area contributed by atoms with Crippen LogP contribution in [-0.4, -0.2) is 101 Å². The maximum Gasteiger partial charge on any atom is 0.270 e. The molecule has 0 spiro atoms. The van der Waals surface area contributed by atoms with Crippen LogP contribution in [0.2, 0.25) is 0 Å². The van der Waals surface area contributed by atoms with Crippen LogP contribution < -0.4 is 0 Å². The average molecular weight is 386 g/mol. The monoisotopic (exact) mass is 386 g/mol. The van der Waals surface area contributed by atoms with Crippen molar-refractivity contribution in [1.29, 1.82) is 0 Å². The summed E-state index contributed by atoms with van der Waals surface area (Å²) in [6, 6.07) is 8.13. The lowest BCUT2D eigenvalue weighted by atomic mass is 10.0. The minimum atomic E-state index is -0.538. The molecule has 0 radical (unpaired) electrons. The summed E-state index contributed by atoms with van der Waals surface area (Å²) < 4.78 is 2.02. The van der Waals surface area contributed by atoms with Crippen molar-refractivity contribution in [3.05, 3.63) is 35.5 Å². The predicted molar refractivity (Wildman–Crippen MR) is 109 cm³/mol. The van der Waals surface area contributed by atoms with E-state index >= 15 is 0 Å². The number of rotatable bonds is 6. The molecule has 1 aromatic carbocycles. The van der Waals surface area contributed by atoms with Crippen LogP contribution in [0, 0.1) is 0 Å². The minimum absolute atomic E-state index is 0.0438. The molecule has 1 fully saturated rings. The Morgan fingerprint density at radius 1 is 1.04 bits per heavy atom. The van der Waals surface area contributed by atoms with Crippen molar-refractivity contribution in [3.8, 4) is 0 Å². The number of carbonyl (C=O) groups excluding carboxylic acids is 1. The first-order valence-corrected chi connectivity index (χ1v) is 10.2. The minimum Gasteiger partial charge on any atom is -0.395 e. The average Bonchev–Trinajstić information content (AvgIpc) is 3.01. The van der Waals surface area contributed by atoms with Crippen LogP contribution in [-0.2, 0) is 13.0 Å². The number of hydrogen-bond acceptors (Lipinski definition) is 5. The smallest absolute Gasteiger partial charge is 0.270 e. The van der Waals surface area contributed by atoms with Crippen molar-refractivity contribution in [1.82, 2.24) is 19.3 Å². The fourth-order valence-electron chi connectivity index (χ4n) is 4.53. The number of amides is 1. The third-order valence-electron chi connectivity index (χ3n) is 6.07. The van der Waals surface area contributed by atoms with Crippen molar-refractivity contribution in [2.24, 2.45) is 0 Å². The highest BCUT2D eigenvalue weighted by molar-refractivity contribution is 6.02. The Bertz CT molecular complexity index is 842. The lowest BCUT2D eigenvalue weighted by Crippen LogP contribution is -2.49. The fraction of sp³-hybridized carbons (Fsp3) is 0.571. The van der Waals surface area contributed by atoms with Gasteiger partial charge in [-0.2, -0.15) is 0 Å². The summed E-state index contributed by atoms with van der Waals surface area (Å²) in [5, 5.41) is 21.0. The molecule has 0 saturated carbocycles. The number of para-hydroxylation sites is 1. The number of aliphatic hydroxyl groups excluding tert-OH is 2. The van der Waals surface area contributed by atoms with E-state index in [1.807, 2.05) is 29.8 Å². The van der Waals surface area contributed by atoms with Gasteiger partial charge in [-0.1, -0.05) is 18.2 Å². The van der Waals surface area contributed by atoms with Crippen LogP contribution in [0.15, 0.2) is 24.3 Å². The second-order valence-electron chi connectivity index (χ2n) is 7.95. The number of piperazine rings is 1. The number of carbonyl (C=O) groups is 1. The highest BCUT2D eigenvalue weighted by Crippen LogP contribution is 2.30. The molecule has 0 bridgehead atoms. The van der Waals surface area contributed by atoms with Crippen molar-refractivity contribution in [3.63, 3.8) is 0 Å². The van der Waals surface area contributed by atoms with Crippen LogP contribution in [0.5, 0.6) is 0 Å². The Kier molecular flexibility index (Phi) is 5.68. The van der Waals surface area contributed by atoms with Crippen molar-refractivity contribution >= 4 is 16.8 Å². The summed E-state index contributed by atoms with van der Waals surface area (Å²) in [5.41, 5.74) is 2.88. The van der Waals surface area contributed by atoms with E-state index in [0.29, 0.717) is 19.6 Å². The molecule has 2 aliphatic rings. The SMILES string of the molecule is CN1CCc2c(n(C[C@H](O)CN3CCN(CCO)CC3)c3ccccc23)C1=O. The number of aromatic nitrogens is 1. The van der Waals surface area contributed by atoms with Crippen LogP contribution >= 0.6 is 0 Å². The Balaban J connectivity index is 1.51. The van der Waals surface area contributed by atoms with Gasteiger partial charge in [-0.25, -0.2) is 0 Å². The molecule has 2 aliphatic heterocycles. The fourth-order valence-corrected chi connectivity index (χ4v) is 4.53. The molecule has 7 nitrogen and oxygen atoms in total. The van der Waals surface area contributed by atoms with Gasteiger partial charge < -0.3 is 19.7 Å². The second kappa shape index (κ2) is 8.21. The molecule has 0 aliphatic carbocycles. The highest BCUT2D eigenvalue weighted by Gasteiger charge is 2.30. The van der Waals surface area contributed by atoms with Gasteiger partial charge in [0.2, 0.25) is 0 Å². The maximum absolute atomic E-state index is 12.9. The summed E-state index contributed by atoms with van der Waals surface area (Å²) in [6.45, 7) is 6.28. The van der Waals surface area contributed by atoms with Gasteiger partial charge in [0.15, 0.2) is 0 Å². The molecule has 1 saturated heterocycles. The van der Waals surface area contributed by atoms with E-state index in [9.17, 15) is 9.90 Å². The standard InChI is InChI=1S/C21H30N4O3/c1-22-7-6-18-17-4-2-3-5-19(17)25(20(18)21(22)28)15-16(27)14-24-10-8-23(9-11-24)12-13-26/h2-5,16,26-27H,6-15H2,1H3/t16-/m1/s1. The first kappa shape index (κ1) is 19.4. The Morgan fingerprint density at radius 3 is 2.50 bits per heavy atom. The van der Waals surface area contributed by atoms with E-state index in [1.165, 1.54) is 0 Å². The van der Waals surface area contributed by atoms with Crippen LogP contribution in [0.4, 0.5) is 0 Å². The second-order valence-corrected chi connectivity index (χ2v) is 7.95. The first-order valence-electron chi connectivity index (χ1n) is 10.2. The van der Waals surface area contributed by atoms with Crippen LogP contribution in [0.25, 0.3) is 10.9 Å². The van der Waals surface area contributed by atoms with Gasteiger partial charge in [0, 0.05) is 63.8 Å². The largest absolute Gasteiger partial charge is 0.395 e. The molecule has 3 heterocycles. The number of fused-ring (bicyclic) bond motifs is 3. The molecule has 2 aromatic rings. The van der Waals surface area contributed by atoms with Crippen molar-refractivity contribution in [2.45, 2.75) is 19.1 Å². The Hall–Kier alpha value is -1.93. The van der Waals surface area contributed by atoms with Gasteiger partial charge in [0.25, 0.3) is 5.91 Å². The first-order chi connectivity index (χ1) is 13.6. The summed E-state index contributed by atoms with van der Waals surface area (Å²) in [5.74, 6) is 0.0438. The molecule has 4 rings (SSSR count). The van der Waals surface area contributed by atoms with Gasteiger partial charge in [-0.15, -0.1) is 0 Å². The lowest BCUT2D eigenvalue weighted by molar-refractivity contribution is 0.0582. The normalized spacial score (nSPS) is 20.0. The third-order valence-corrected chi connectivity index (χ3v) is 6.07. The van der Waals surface area contributed by atoms with E-state index in [2.05, 4.69) is 15.9 Å². The Morgan fingerprint density at radius 2 is 1.75 bits per heavy atom. The molecular weight excluding hydrogens is 356 g/mol. The molecule has 2 N–H and O–H groups in total. The van der Waals surface area contributed by atoms with E-state index in [0.717, 1.165) is 61.3 Å². The predicted octanol–water partition coefficient (Wildman–Crippen LogP) is 0.240. The van der Waals surface area contributed by atoms with Gasteiger partial charge in [-0.3, -0.25) is 14.6 Å². The molecule has 1 amide bonds. The van der Waals surface area contributed by atoms with Crippen molar-refractivity contribution in [2.75, 3.05) is 59.5 Å². The van der Waals surface area contributed by atoms with Gasteiger partial charge >= 0.3 is 0 Å². The number of β-amino-alcohol motifs (C(OH)–C–C–N with tert-alkyl or cyclic N) is 2. The highest BCUT2D eigenvalue weighted by atomic mass is 16.3. The number of nitrogens with zero attached hydrogens (tertiary/aromatic N) is 4. The number of hydrogen-bond donors (Lipinski definition) is 2. The van der Waals surface area contributed by atoms with Crippen molar-refractivity contribution < 1.29 is 15.0 Å². The number of aliphatic hydroxyl groups is 2. The Labute approximate surface area is 165 Å². The molecular formula is C21H30N4O3. The molecule has 0 unspecified atom stereocenters. The summed E-state index contributed by atoms with van der Waals surface area (Å²) in [6.07, 6.45) is 0.318. The summed E-state index contributed by atoms with van der Waals surface area (Å²) in [4.78, 5) is 19.1. The van der Waals surface area contributed by atoms with Gasteiger partial charge in [0.05, 0.1) is 19.3 Å².